The molecule has 0 aromatic heterocycles. The van der Waals surface area contributed by atoms with E-state index in [1.54, 1.807) is 23.1 Å². The Hall–Kier alpha value is -0.880. The van der Waals surface area contributed by atoms with Crippen molar-refractivity contribution in [3.8, 4) is 0 Å². The number of carbonyl (C=O) groups excluding carboxylic acids is 2. The topological polar surface area (TPSA) is 49.4 Å². The summed E-state index contributed by atoms with van der Waals surface area (Å²) in [7, 11) is 0. The van der Waals surface area contributed by atoms with Crippen LogP contribution < -0.4 is 5.32 Å². The summed E-state index contributed by atoms with van der Waals surface area (Å²) in [6.45, 7) is 5.13. The molecule has 6 heteroatoms. The third-order valence-corrected chi connectivity index (χ3v) is 3.84. The van der Waals surface area contributed by atoms with E-state index >= 15 is 0 Å². The molecule has 2 amide bonds. The van der Waals surface area contributed by atoms with E-state index in [2.05, 4.69) is 37.2 Å². The maximum atomic E-state index is 12.0. The highest BCUT2D eigenvalue weighted by atomic mass is 79.9. The second-order valence-corrected chi connectivity index (χ2v) is 5.64. The van der Waals surface area contributed by atoms with E-state index in [1.165, 1.54) is 0 Å². The minimum Gasteiger partial charge on any atom is -0.343 e. The van der Waals surface area contributed by atoms with Gasteiger partial charge in [-0.1, -0.05) is 15.9 Å². The van der Waals surface area contributed by atoms with E-state index in [-0.39, 0.29) is 18.4 Å². The zero-order chi connectivity index (χ0) is 14.4. The van der Waals surface area contributed by atoms with Crippen LogP contribution in [0.25, 0.3) is 0 Å². The molecule has 0 atom stereocenters. The van der Waals surface area contributed by atoms with Crippen LogP contribution in [-0.2, 0) is 4.79 Å². The summed E-state index contributed by atoms with van der Waals surface area (Å²) in [6, 6.07) is 5.28. The van der Waals surface area contributed by atoms with Crippen molar-refractivity contribution in [3.05, 3.63) is 32.7 Å². The van der Waals surface area contributed by atoms with E-state index < -0.39 is 0 Å². The Kier molecular flexibility index (Phi) is 6.51. The quantitative estimate of drug-likeness (QED) is 0.838. The maximum absolute atomic E-state index is 12.0. The van der Waals surface area contributed by atoms with Crippen molar-refractivity contribution in [1.29, 1.82) is 0 Å². The summed E-state index contributed by atoms with van der Waals surface area (Å²) in [5, 5.41) is 2.63. The minimum absolute atomic E-state index is 0.0169. The molecular formula is C13H16Br2N2O2. The van der Waals surface area contributed by atoms with E-state index in [1.807, 2.05) is 13.8 Å². The van der Waals surface area contributed by atoms with Crippen molar-refractivity contribution in [1.82, 2.24) is 10.2 Å². The van der Waals surface area contributed by atoms with E-state index in [4.69, 9.17) is 0 Å². The highest BCUT2D eigenvalue weighted by molar-refractivity contribution is 9.11. The summed E-state index contributed by atoms with van der Waals surface area (Å²) in [5.41, 5.74) is 0.510. The molecule has 0 aliphatic carbocycles. The van der Waals surface area contributed by atoms with Gasteiger partial charge in [-0.05, 0) is 48.0 Å². The molecule has 0 unspecified atom stereocenters. The monoisotopic (exact) mass is 390 g/mol. The molecule has 19 heavy (non-hydrogen) atoms. The van der Waals surface area contributed by atoms with Gasteiger partial charge in [0.15, 0.2) is 0 Å². The van der Waals surface area contributed by atoms with Crippen LogP contribution >= 0.6 is 31.9 Å². The molecule has 0 saturated heterocycles. The molecule has 4 nitrogen and oxygen atoms in total. The summed E-state index contributed by atoms with van der Waals surface area (Å²) < 4.78 is 1.57. The van der Waals surface area contributed by atoms with Crippen molar-refractivity contribution >= 4 is 43.7 Å². The van der Waals surface area contributed by atoms with Crippen molar-refractivity contribution < 1.29 is 9.59 Å². The largest absolute Gasteiger partial charge is 0.343 e. The van der Waals surface area contributed by atoms with Gasteiger partial charge >= 0.3 is 0 Å². The summed E-state index contributed by atoms with van der Waals surface area (Å²) in [4.78, 5) is 25.4. The van der Waals surface area contributed by atoms with Crippen molar-refractivity contribution in [3.63, 3.8) is 0 Å². The van der Waals surface area contributed by atoms with Crippen LogP contribution in [-0.4, -0.2) is 36.3 Å². The Morgan fingerprint density at radius 3 is 2.37 bits per heavy atom. The van der Waals surface area contributed by atoms with Crippen LogP contribution in [0.4, 0.5) is 0 Å². The zero-order valence-electron chi connectivity index (χ0n) is 10.9. The predicted molar refractivity (Wildman–Crippen MR) is 82.1 cm³/mol. The van der Waals surface area contributed by atoms with Crippen LogP contribution in [0.1, 0.15) is 24.2 Å². The number of amides is 2. The first-order chi connectivity index (χ1) is 8.99. The average Bonchev–Trinajstić information content (AvgIpc) is 2.37. The van der Waals surface area contributed by atoms with Crippen LogP contribution in [0.3, 0.4) is 0 Å². The fraction of sp³-hybridized carbons (Fsp3) is 0.385. The van der Waals surface area contributed by atoms with Crippen LogP contribution in [0.15, 0.2) is 27.1 Å². The summed E-state index contributed by atoms with van der Waals surface area (Å²) in [5.74, 6) is -0.341. The number of nitrogens with zero attached hydrogens (tertiary/aromatic N) is 1. The number of hydrogen-bond donors (Lipinski definition) is 1. The summed E-state index contributed by atoms with van der Waals surface area (Å²) in [6.07, 6.45) is 0. The standard InChI is InChI=1S/C13H16Br2N2O2/c1-3-17(4-2)12(18)8-16-13(19)10-6-5-9(14)7-11(10)15/h5-7H,3-4,8H2,1-2H3,(H,16,19). The molecule has 0 fully saturated rings. The van der Waals surface area contributed by atoms with Crippen molar-refractivity contribution in [2.24, 2.45) is 0 Å². The molecule has 0 bridgehead atoms. The molecule has 1 N–H and O–H groups in total. The second kappa shape index (κ2) is 7.65. The first-order valence-electron chi connectivity index (χ1n) is 6.00. The molecule has 0 radical (unpaired) electrons. The van der Waals surface area contributed by atoms with E-state index in [0.29, 0.717) is 23.1 Å². The Balaban J connectivity index is 2.63. The lowest BCUT2D eigenvalue weighted by Crippen LogP contribution is -2.40. The van der Waals surface area contributed by atoms with Gasteiger partial charge in [0, 0.05) is 22.0 Å². The number of likely N-dealkylation sites (N-methyl/N-ethyl adjacent to an activating group) is 1. The Labute approximate surface area is 129 Å². The number of hydrogen-bond acceptors (Lipinski definition) is 2. The van der Waals surface area contributed by atoms with Crippen molar-refractivity contribution in [2.45, 2.75) is 13.8 Å². The normalized spacial score (nSPS) is 10.1. The molecule has 0 heterocycles. The minimum atomic E-state index is -0.264. The molecule has 0 saturated carbocycles. The molecule has 0 spiro atoms. The average molecular weight is 392 g/mol. The lowest BCUT2D eigenvalue weighted by Gasteiger charge is -2.18. The van der Waals surface area contributed by atoms with Gasteiger partial charge in [0.2, 0.25) is 5.91 Å². The van der Waals surface area contributed by atoms with Gasteiger partial charge in [-0.2, -0.15) is 0 Å². The SMILES string of the molecule is CCN(CC)C(=O)CNC(=O)c1ccc(Br)cc1Br. The lowest BCUT2D eigenvalue weighted by molar-refractivity contribution is -0.129. The van der Waals surface area contributed by atoms with Gasteiger partial charge in [-0.3, -0.25) is 9.59 Å². The molecule has 0 aliphatic heterocycles. The van der Waals surface area contributed by atoms with Gasteiger partial charge in [0.25, 0.3) is 5.91 Å². The molecule has 0 aliphatic rings. The summed E-state index contributed by atoms with van der Waals surface area (Å²) >= 11 is 6.65. The third kappa shape index (κ3) is 4.62. The van der Waals surface area contributed by atoms with Gasteiger partial charge in [-0.25, -0.2) is 0 Å². The van der Waals surface area contributed by atoms with E-state index in [0.717, 1.165) is 4.47 Å². The van der Waals surface area contributed by atoms with Gasteiger partial charge < -0.3 is 10.2 Å². The van der Waals surface area contributed by atoms with Crippen LogP contribution in [0, 0.1) is 0 Å². The Morgan fingerprint density at radius 2 is 1.84 bits per heavy atom. The number of benzene rings is 1. The first kappa shape index (κ1) is 16.2. The van der Waals surface area contributed by atoms with Gasteiger partial charge in [0.05, 0.1) is 12.1 Å². The smallest absolute Gasteiger partial charge is 0.252 e. The molecule has 1 aromatic rings. The lowest BCUT2D eigenvalue weighted by atomic mass is 10.2. The molecular weight excluding hydrogens is 376 g/mol. The van der Waals surface area contributed by atoms with Crippen LogP contribution in [0.5, 0.6) is 0 Å². The molecule has 1 aromatic carbocycles. The third-order valence-electron chi connectivity index (χ3n) is 2.69. The second-order valence-electron chi connectivity index (χ2n) is 3.87. The first-order valence-corrected chi connectivity index (χ1v) is 7.59. The Bertz CT molecular complexity index is 474. The fourth-order valence-electron chi connectivity index (χ4n) is 1.61. The predicted octanol–water partition coefficient (Wildman–Crippen LogP) is 2.81. The Morgan fingerprint density at radius 1 is 1.21 bits per heavy atom. The maximum Gasteiger partial charge on any atom is 0.252 e. The van der Waals surface area contributed by atoms with Gasteiger partial charge in [0.1, 0.15) is 0 Å². The highest BCUT2D eigenvalue weighted by Gasteiger charge is 2.14. The fourth-order valence-corrected chi connectivity index (χ4v) is 2.84. The van der Waals surface area contributed by atoms with Crippen LogP contribution in [0.2, 0.25) is 0 Å². The number of rotatable bonds is 5. The van der Waals surface area contributed by atoms with Crippen molar-refractivity contribution in [2.75, 3.05) is 19.6 Å². The highest BCUT2D eigenvalue weighted by Crippen LogP contribution is 2.21. The number of carbonyl (C=O) groups is 2. The molecule has 1 rings (SSSR count). The number of nitrogens with one attached hydrogen (secondary N) is 1. The van der Waals surface area contributed by atoms with Gasteiger partial charge in [-0.15, -0.1) is 0 Å². The number of halogens is 2. The zero-order valence-corrected chi connectivity index (χ0v) is 14.0. The van der Waals surface area contributed by atoms with E-state index in [9.17, 15) is 9.59 Å². The molecule has 104 valence electrons.